The summed E-state index contributed by atoms with van der Waals surface area (Å²) in [6.07, 6.45) is 7.44. The predicted molar refractivity (Wildman–Crippen MR) is 75.6 cm³/mol. The number of aromatic nitrogens is 2. The van der Waals surface area contributed by atoms with E-state index in [4.69, 9.17) is 0 Å². The minimum absolute atomic E-state index is 0.164. The Hall–Kier alpha value is -2.16. The molecule has 3 atom stereocenters. The number of nitrogens with zero attached hydrogens (tertiary/aromatic N) is 4. The van der Waals surface area contributed by atoms with Crippen molar-refractivity contribution in [1.82, 2.24) is 10.2 Å². The van der Waals surface area contributed by atoms with Crippen LogP contribution in [-0.2, 0) is 4.79 Å². The Balaban J connectivity index is 2.04. The zero-order valence-corrected chi connectivity index (χ0v) is 11.8. The number of hydrogen-bond donors (Lipinski definition) is 1. The second kappa shape index (κ2) is 5.68. The number of fused-ring (bicyclic) bond motifs is 1. The third-order valence-electron chi connectivity index (χ3n) is 4.72. The van der Waals surface area contributed by atoms with Crippen LogP contribution in [0.15, 0.2) is 12.3 Å². The smallest absolute Gasteiger partial charge is 0.326 e. The van der Waals surface area contributed by atoms with Crippen molar-refractivity contribution in [3.05, 3.63) is 17.8 Å². The molecule has 3 rings (SSSR count). The Labute approximate surface area is 123 Å². The van der Waals surface area contributed by atoms with Gasteiger partial charge >= 0.3 is 5.97 Å². The zero-order valence-electron chi connectivity index (χ0n) is 11.8. The Morgan fingerprint density at radius 1 is 1.33 bits per heavy atom. The van der Waals surface area contributed by atoms with Gasteiger partial charge in [0.05, 0.1) is 11.8 Å². The topological polar surface area (TPSA) is 90.1 Å². The first-order valence-corrected chi connectivity index (χ1v) is 7.45. The number of hydrogen-bond acceptors (Lipinski definition) is 5. The molecule has 1 aliphatic heterocycles. The van der Waals surface area contributed by atoms with Crippen LogP contribution in [0.2, 0.25) is 0 Å². The fraction of sp³-hybridized carbons (Fsp3) is 0.600. The van der Waals surface area contributed by atoms with Crippen LogP contribution in [0.3, 0.4) is 0 Å². The Morgan fingerprint density at radius 2 is 2.14 bits per heavy atom. The monoisotopic (exact) mass is 286 g/mol. The van der Waals surface area contributed by atoms with Gasteiger partial charge in [-0.05, 0) is 37.7 Å². The molecule has 6 nitrogen and oxygen atoms in total. The highest BCUT2D eigenvalue weighted by molar-refractivity contribution is 5.79. The van der Waals surface area contributed by atoms with E-state index in [2.05, 4.69) is 16.3 Å². The van der Waals surface area contributed by atoms with Gasteiger partial charge in [-0.3, -0.25) is 0 Å². The SMILES string of the molecule is N#Cc1ccnnc1N1C(C(=O)O)CCC2CCCCC21. The third kappa shape index (κ3) is 2.44. The minimum Gasteiger partial charge on any atom is -0.480 e. The van der Waals surface area contributed by atoms with E-state index in [1.54, 1.807) is 6.07 Å². The Morgan fingerprint density at radius 3 is 2.90 bits per heavy atom. The zero-order chi connectivity index (χ0) is 14.8. The van der Waals surface area contributed by atoms with E-state index in [-0.39, 0.29) is 6.04 Å². The maximum atomic E-state index is 11.6. The number of aliphatic carboxylic acids is 1. The molecule has 1 aromatic rings. The van der Waals surface area contributed by atoms with E-state index in [0.29, 0.717) is 23.7 Å². The lowest BCUT2D eigenvalue weighted by atomic mass is 9.76. The summed E-state index contributed by atoms with van der Waals surface area (Å²) < 4.78 is 0. The van der Waals surface area contributed by atoms with E-state index in [1.165, 1.54) is 12.6 Å². The molecular weight excluding hydrogens is 268 g/mol. The summed E-state index contributed by atoms with van der Waals surface area (Å²) in [5.41, 5.74) is 0.405. The van der Waals surface area contributed by atoms with Gasteiger partial charge in [0.1, 0.15) is 12.1 Å². The first-order valence-electron chi connectivity index (χ1n) is 7.45. The van der Waals surface area contributed by atoms with Crippen LogP contribution < -0.4 is 4.90 Å². The first kappa shape index (κ1) is 13.8. The van der Waals surface area contributed by atoms with Crippen molar-refractivity contribution in [2.24, 2.45) is 5.92 Å². The van der Waals surface area contributed by atoms with Crippen LogP contribution in [0, 0.1) is 17.2 Å². The largest absolute Gasteiger partial charge is 0.480 e. The van der Waals surface area contributed by atoms with Gasteiger partial charge in [0.2, 0.25) is 0 Å². The number of nitriles is 1. The fourth-order valence-corrected chi connectivity index (χ4v) is 3.78. The molecule has 2 aliphatic rings. The predicted octanol–water partition coefficient (Wildman–Crippen LogP) is 1.96. The van der Waals surface area contributed by atoms with E-state index >= 15 is 0 Å². The molecule has 110 valence electrons. The molecule has 6 heteroatoms. The molecular formula is C15H18N4O2. The van der Waals surface area contributed by atoms with Crippen LogP contribution in [0.5, 0.6) is 0 Å². The molecule has 3 unspecified atom stereocenters. The van der Waals surface area contributed by atoms with Gasteiger partial charge in [-0.2, -0.15) is 10.4 Å². The summed E-state index contributed by atoms with van der Waals surface area (Å²) in [4.78, 5) is 13.5. The standard InChI is InChI=1S/C15H18N4O2/c16-9-11-7-8-17-18-14(11)19-12-4-2-1-3-10(12)5-6-13(19)15(20)21/h7-8,10,12-13H,1-6H2,(H,20,21). The van der Waals surface area contributed by atoms with Crippen LogP contribution in [0.1, 0.15) is 44.1 Å². The maximum Gasteiger partial charge on any atom is 0.326 e. The van der Waals surface area contributed by atoms with E-state index in [1.807, 2.05) is 4.90 Å². The maximum absolute atomic E-state index is 11.6. The highest BCUT2D eigenvalue weighted by Crippen LogP contribution is 2.40. The molecule has 2 fully saturated rings. The molecule has 0 aromatic carbocycles. The second-order valence-corrected chi connectivity index (χ2v) is 5.83. The molecule has 1 aromatic heterocycles. The quantitative estimate of drug-likeness (QED) is 0.893. The van der Waals surface area contributed by atoms with Crippen molar-refractivity contribution < 1.29 is 9.90 Å². The number of carbonyl (C=O) groups is 1. The molecule has 0 radical (unpaired) electrons. The summed E-state index contributed by atoms with van der Waals surface area (Å²) in [6.45, 7) is 0. The molecule has 0 bridgehead atoms. The molecule has 21 heavy (non-hydrogen) atoms. The third-order valence-corrected chi connectivity index (χ3v) is 4.72. The van der Waals surface area contributed by atoms with Gasteiger partial charge in [0.15, 0.2) is 5.82 Å². The van der Waals surface area contributed by atoms with Gasteiger partial charge in [-0.1, -0.05) is 12.8 Å². The van der Waals surface area contributed by atoms with Crippen molar-refractivity contribution in [3.63, 3.8) is 0 Å². The van der Waals surface area contributed by atoms with Gasteiger partial charge in [0.25, 0.3) is 0 Å². The first-order chi connectivity index (χ1) is 10.2. The van der Waals surface area contributed by atoms with Crippen molar-refractivity contribution in [3.8, 4) is 6.07 Å². The van der Waals surface area contributed by atoms with Crippen molar-refractivity contribution in [1.29, 1.82) is 5.26 Å². The molecule has 1 saturated carbocycles. The molecule has 0 amide bonds. The van der Waals surface area contributed by atoms with E-state index in [9.17, 15) is 15.2 Å². The van der Waals surface area contributed by atoms with Gasteiger partial charge in [-0.15, -0.1) is 5.10 Å². The lowest BCUT2D eigenvalue weighted by Gasteiger charge is -2.47. The molecule has 1 N–H and O–H groups in total. The Kier molecular flexibility index (Phi) is 3.74. The highest BCUT2D eigenvalue weighted by atomic mass is 16.4. The van der Waals surface area contributed by atoms with Crippen LogP contribution >= 0.6 is 0 Å². The lowest BCUT2D eigenvalue weighted by Crippen LogP contribution is -2.56. The molecule has 1 saturated heterocycles. The average molecular weight is 286 g/mol. The Bertz CT molecular complexity index is 583. The number of carboxylic acid groups (broad SMARTS) is 1. The minimum atomic E-state index is -0.839. The summed E-state index contributed by atoms with van der Waals surface area (Å²) >= 11 is 0. The summed E-state index contributed by atoms with van der Waals surface area (Å²) in [5.74, 6) is 0.0977. The van der Waals surface area contributed by atoms with Crippen molar-refractivity contribution in [2.45, 2.75) is 50.6 Å². The van der Waals surface area contributed by atoms with E-state index < -0.39 is 12.0 Å². The molecule has 0 spiro atoms. The normalized spacial score (nSPS) is 28.5. The van der Waals surface area contributed by atoms with Gasteiger partial charge in [0, 0.05) is 6.04 Å². The van der Waals surface area contributed by atoms with Crippen LogP contribution in [0.4, 0.5) is 5.82 Å². The lowest BCUT2D eigenvalue weighted by molar-refractivity contribution is -0.139. The summed E-state index contributed by atoms with van der Waals surface area (Å²) in [6, 6.07) is 3.28. The second-order valence-electron chi connectivity index (χ2n) is 5.83. The number of anilines is 1. The van der Waals surface area contributed by atoms with Crippen LogP contribution in [-0.4, -0.2) is 33.4 Å². The average Bonchev–Trinajstić information content (AvgIpc) is 2.53. The number of carboxylic acids is 1. The molecule has 2 heterocycles. The van der Waals surface area contributed by atoms with E-state index in [0.717, 1.165) is 25.7 Å². The fourth-order valence-electron chi connectivity index (χ4n) is 3.78. The summed E-state index contributed by atoms with van der Waals surface area (Å²) in [7, 11) is 0. The van der Waals surface area contributed by atoms with Crippen molar-refractivity contribution >= 4 is 11.8 Å². The van der Waals surface area contributed by atoms with Gasteiger partial charge in [-0.25, -0.2) is 4.79 Å². The highest BCUT2D eigenvalue weighted by Gasteiger charge is 2.42. The van der Waals surface area contributed by atoms with Gasteiger partial charge < -0.3 is 10.0 Å². The summed E-state index contributed by atoms with van der Waals surface area (Å²) in [5, 5.41) is 26.8. The number of piperidine rings is 1. The molecule has 1 aliphatic carbocycles. The van der Waals surface area contributed by atoms with Crippen molar-refractivity contribution in [2.75, 3.05) is 4.90 Å². The van der Waals surface area contributed by atoms with Crippen LogP contribution in [0.25, 0.3) is 0 Å². The number of rotatable bonds is 2.